The van der Waals surface area contributed by atoms with E-state index < -0.39 is 0 Å². The van der Waals surface area contributed by atoms with Crippen LogP contribution in [0.15, 0.2) is 39.2 Å². The quantitative estimate of drug-likeness (QED) is 0.654. The Morgan fingerprint density at radius 3 is 3.05 bits per heavy atom. The summed E-state index contributed by atoms with van der Waals surface area (Å²) in [4.78, 5) is 16.0. The van der Waals surface area contributed by atoms with Crippen LogP contribution in [0.4, 0.5) is 5.69 Å². The van der Waals surface area contributed by atoms with Crippen LogP contribution < -0.4 is 0 Å². The monoisotopic (exact) mass is 252 g/mol. The summed E-state index contributed by atoms with van der Waals surface area (Å²) in [6.07, 6.45) is 3.57. The Kier molecular flexibility index (Phi) is 2.31. The number of piperidine rings is 1. The number of rotatable bonds is 0. The second kappa shape index (κ2) is 4.02. The van der Waals surface area contributed by atoms with Crippen molar-refractivity contribution in [3.63, 3.8) is 0 Å². The van der Waals surface area contributed by atoms with Crippen LogP contribution in [0.1, 0.15) is 30.9 Å². The molecule has 1 aromatic carbocycles. The van der Waals surface area contributed by atoms with E-state index >= 15 is 0 Å². The molecular formula is C15H16N4. The van der Waals surface area contributed by atoms with Gasteiger partial charge in [0.25, 0.3) is 0 Å². The van der Waals surface area contributed by atoms with E-state index in [0.29, 0.717) is 0 Å². The number of amidine groups is 2. The minimum atomic E-state index is 0.0421. The highest BCUT2D eigenvalue weighted by Gasteiger charge is 2.43. The lowest BCUT2D eigenvalue weighted by Crippen LogP contribution is -2.39. The molecule has 3 aliphatic rings. The Bertz CT molecular complexity index is 602. The third-order valence-corrected chi connectivity index (χ3v) is 4.22. The Hall–Kier alpha value is -1.97. The van der Waals surface area contributed by atoms with Crippen molar-refractivity contribution < 1.29 is 0 Å². The third-order valence-electron chi connectivity index (χ3n) is 4.22. The molecular weight excluding hydrogens is 236 g/mol. The summed E-state index contributed by atoms with van der Waals surface area (Å²) in [6, 6.07) is 8.66. The molecule has 1 fully saturated rings. The smallest absolute Gasteiger partial charge is 0.155 e. The highest BCUT2D eigenvalue weighted by atomic mass is 15.3. The van der Waals surface area contributed by atoms with E-state index in [-0.39, 0.29) is 12.1 Å². The van der Waals surface area contributed by atoms with Crippen LogP contribution in [0.25, 0.3) is 0 Å². The number of aliphatic imine (C=N–C) groups is 3. The minimum Gasteiger partial charge on any atom is -0.351 e. The minimum absolute atomic E-state index is 0.0421. The number of hydrogen-bond donors (Lipinski definition) is 0. The molecule has 1 aromatic rings. The molecule has 0 radical (unpaired) electrons. The van der Waals surface area contributed by atoms with Crippen molar-refractivity contribution in [2.24, 2.45) is 15.0 Å². The van der Waals surface area contributed by atoms with E-state index in [2.05, 4.69) is 39.8 Å². The molecule has 4 heteroatoms. The fourth-order valence-electron chi connectivity index (χ4n) is 3.37. The molecule has 2 atom stereocenters. The summed E-state index contributed by atoms with van der Waals surface area (Å²) in [5, 5.41) is 0. The molecule has 0 amide bonds. The van der Waals surface area contributed by atoms with Crippen molar-refractivity contribution in [2.45, 2.75) is 31.3 Å². The number of benzene rings is 1. The average molecular weight is 252 g/mol. The van der Waals surface area contributed by atoms with Gasteiger partial charge in [-0.25, -0.2) is 9.98 Å². The van der Waals surface area contributed by atoms with Crippen molar-refractivity contribution in [3.8, 4) is 0 Å². The van der Waals surface area contributed by atoms with Crippen molar-refractivity contribution in [1.29, 1.82) is 0 Å². The number of para-hydroxylation sites is 1. The molecule has 0 aliphatic carbocycles. The maximum absolute atomic E-state index is 4.86. The van der Waals surface area contributed by atoms with Gasteiger partial charge in [-0.2, -0.15) is 0 Å². The highest BCUT2D eigenvalue weighted by molar-refractivity contribution is 6.00. The van der Waals surface area contributed by atoms with E-state index in [0.717, 1.165) is 24.5 Å². The van der Waals surface area contributed by atoms with Gasteiger partial charge in [-0.15, -0.1) is 0 Å². The van der Waals surface area contributed by atoms with Gasteiger partial charge >= 0.3 is 0 Å². The van der Waals surface area contributed by atoms with Crippen LogP contribution in [0.3, 0.4) is 0 Å². The van der Waals surface area contributed by atoms with Gasteiger partial charge in [-0.05, 0) is 25.6 Å². The summed E-state index contributed by atoms with van der Waals surface area (Å²) in [5.74, 6) is 2.00. The van der Waals surface area contributed by atoms with E-state index in [1.54, 1.807) is 0 Å². The molecule has 4 rings (SSSR count). The van der Waals surface area contributed by atoms with Crippen molar-refractivity contribution in [2.75, 3.05) is 6.54 Å². The van der Waals surface area contributed by atoms with E-state index in [1.165, 1.54) is 24.2 Å². The molecule has 0 aromatic heterocycles. The average Bonchev–Trinajstić information content (AvgIpc) is 2.86. The number of hydrogen-bond acceptors (Lipinski definition) is 4. The van der Waals surface area contributed by atoms with Gasteiger partial charge in [0, 0.05) is 18.5 Å². The molecule has 0 N–H and O–H groups in total. The molecule has 0 spiro atoms. The number of nitrogens with zero attached hydrogens (tertiary/aromatic N) is 4. The van der Waals surface area contributed by atoms with Crippen LogP contribution in [0, 0.1) is 0 Å². The van der Waals surface area contributed by atoms with Gasteiger partial charge in [0.15, 0.2) is 5.84 Å². The zero-order valence-electron chi connectivity index (χ0n) is 10.8. The third kappa shape index (κ3) is 1.49. The standard InChI is InChI=1S/C15H16N4/c1-16-15-13-14(10-6-2-3-7-11(10)17-15)19-9-5-4-8-12(19)18-13/h2-3,6-7,13-14H,1,4-5,8-9H2. The van der Waals surface area contributed by atoms with Gasteiger partial charge in [-0.1, -0.05) is 18.2 Å². The van der Waals surface area contributed by atoms with E-state index in [9.17, 15) is 0 Å². The maximum Gasteiger partial charge on any atom is 0.155 e. The Morgan fingerprint density at radius 1 is 1.26 bits per heavy atom. The summed E-state index contributed by atoms with van der Waals surface area (Å²) in [7, 11) is 0. The van der Waals surface area contributed by atoms with E-state index in [1.807, 2.05) is 6.07 Å². The molecule has 2 unspecified atom stereocenters. The van der Waals surface area contributed by atoms with Crippen LogP contribution in [-0.2, 0) is 0 Å². The molecule has 1 saturated heterocycles. The Labute approximate surface area is 112 Å². The fourth-order valence-corrected chi connectivity index (χ4v) is 3.37. The lowest BCUT2D eigenvalue weighted by Gasteiger charge is -2.35. The molecule has 0 saturated carbocycles. The molecule has 4 nitrogen and oxygen atoms in total. The predicted molar refractivity (Wildman–Crippen MR) is 77.6 cm³/mol. The molecule has 0 bridgehead atoms. The first-order valence-electron chi connectivity index (χ1n) is 6.86. The first kappa shape index (κ1) is 10.9. The predicted octanol–water partition coefficient (Wildman–Crippen LogP) is 2.74. The summed E-state index contributed by atoms with van der Waals surface area (Å²) in [5.41, 5.74) is 2.30. The van der Waals surface area contributed by atoms with Gasteiger partial charge in [0.2, 0.25) is 0 Å². The summed E-state index contributed by atoms with van der Waals surface area (Å²) in [6.45, 7) is 4.76. The van der Waals surface area contributed by atoms with Crippen LogP contribution in [0.5, 0.6) is 0 Å². The van der Waals surface area contributed by atoms with Crippen LogP contribution in [0.2, 0.25) is 0 Å². The fraction of sp³-hybridized carbons (Fsp3) is 0.400. The maximum atomic E-state index is 4.86. The zero-order valence-corrected chi connectivity index (χ0v) is 10.8. The molecule has 3 aliphatic heterocycles. The zero-order chi connectivity index (χ0) is 12.8. The lowest BCUT2D eigenvalue weighted by molar-refractivity contribution is 0.303. The number of fused-ring (bicyclic) bond motifs is 5. The SMILES string of the molecule is C=NC1=Nc2ccccc2C2C1N=C1CCCCN12. The van der Waals surface area contributed by atoms with Crippen molar-refractivity contribution >= 4 is 24.1 Å². The van der Waals surface area contributed by atoms with Gasteiger partial charge in [-0.3, -0.25) is 4.99 Å². The van der Waals surface area contributed by atoms with Gasteiger partial charge < -0.3 is 4.90 Å². The van der Waals surface area contributed by atoms with Crippen molar-refractivity contribution in [1.82, 2.24) is 4.90 Å². The van der Waals surface area contributed by atoms with Crippen LogP contribution >= 0.6 is 0 Å². The summed E-state index contributed by atoms with van der Waals surface area (Å²) < 4.78 is 0. The Balaban J connectivity index is 1.87. The summed E-state index contributed by atoms with van der Waals surface area (Å²) >= 11 is 0. The van der Waals surface area contributed by atoms with Gasteiger partial charge in [0.1, 0.15) is 11.9 Å². The normalized spacial score (nSPS) is 27.9. The van der Waals surface area contributed by atoms with Gasteiger partial charge in [0.05, 0.1) is 11.7 Å². The molecule has 96 valence electrons. The molecule has 19 heavy (non-hydrogen) atoms. The van der Waals surface area contributed by atoms with Crippen LogP contribution in [-0.4, -0.2) is 35.9 Å². The first-order valence-corrected chi connectivity index (χ1v) is 6.86. The molecule has 3 heterocycles. The van der Waals surface area contributed by atoms with E-state index in [4.69, 9.17) is 4.99 Å². The second-order valence-corrected chi connectivity index (χ2v) is 5.27. The lowest BCUT2D eigenvalue weighted by atomic mass is 9.93. The van der Waals surface area contributed by atoms with Crippen molar-refractivity contribution in [3.05, 3.63) is 29.8 Å². The first-order chi connectivity index (χ1) is 9.38. The highest BCUT2D eigenvalue weighted by Crippen LogP contribution is 2.43. The second-order valence-electron chi connectivity index (χ2n) is 5.27. The largest absolute Gasteiger partial charge is 0.351 e. The Morgan fingerprint density at radius 2 is 2.16 bits per heavy atom. The topological polar surface area (TPSA) is 40.3 Å².